The number of nitrogens with zero attached hydrogens (tertiary/aromatic N) is 1. The van der Waals surface area contributed by atoms with Crippen LogP contribution in [0.5, 0.6) is 5.88 Å². The molecule has 4 heteroatoms. The van der Waals surface area contributed by atoms with Gasteiger partial charge >= 0.3 is 0 Å². The maximum atomic E-state index is 10.5. The van der Waals surface area contributed by atoms with Crippen molar-refractivity contribution >= 4 is 28.9 Å². The second kappa shape index (κ2) is 4.25. The van der Waals surface area contributed by atoms with Crippen LogP contribution in [0.1, 0.15) is 23.2 Å². The molecule has 0 atom stereocenters. The normalized spacial score (nSPS) is 15.2. The Bertz CT molecular complexity index is 350. The van der Waals surface area contributed by atoms with E-state index in [-0.39, 0.29) is 0 Å². The number of aromatic nitrogens is 1. The summed E-state index contributed by atoms with van der Waals surface area (Å²) in [6.07, 6.45) is 4.89. The van der Waals surface area contributed by atoms with Gasteiger partial charge in [-0.3, -0.25) is 4.79 Å². The van der Waals surface area contributed by atoms with Gasteiger partial charge in [0.25, 0.3) is 0 Å². The van der Waals surface area contributed by atoms with Gasteiger partial charge in [-0.25, -0.2) is 4.98 Å². The van der Waals surface area contributed by atoms with Crippen molar-refractivity contribution in [1.29, 1.82) is 0 Å². The number of carbonyl (C=O) groups is 1. The van der Waals surface area contributed by atoms with Crippen molar-refractivity contribution in [3.05, 3.63) is 21.4 Å². The van der Waals surface area contributed by atoms with E-state index >= 15 is 0 Å². The SMILES string of the molecule is O=Cc1cnc(OCC2CC2)cc1I. The summed E-state index contributed by atoms with van der Waals surface area (Å²) in [6, 6.07) is 1.80. The average Bonchev–Trinajstić information content (AvgIpc) is 2.98. The summed E-state index contributed by atoms with van der Waals surface area (Å²) in [5.41, 5.74) is 0.615. The van der Waals surface area contributed by atoms with Crippen LogP contribution in [0.15, 0.2) is 12.3 Å². The third kappa shape index (κ3) is 2.43. The highest BCUT2D eigenvalue weighted by Crippen LogP contribution is 2.29. The molecule has 0 radical (unpaired) electrons. The standard InChI is InChI=1S/C10H10INO2/c11-9-3-10(12-4-8(9)5-13)14-6-7-1-2-7/h3-5,7H,1-2,6H2. The van der Waals surface area contributed by atoms with Crippen LogP contribution in [0.2, 0.25) is 0 Å². The van der Waals surface area contributed by atoms with Crippen LogP contribution in [0, 0.1) is 9.49 Å². The Balaban J connectivity index is 2.02. The number of aldehydes is 1. The lowest BCUT2D eigenvalue weighted by Gasteiger charge is -2.04. The maximum Gasteiger partial charge on any atom is 0.214 e. The molecule has 74 valence electrons. The van der Waals surface area contributed by atoms with E-state index in [1.165, 1.54) is 12.8 Å². The number of ether oxygens (including phenoxy) is 1. The third-order valence-corrected chi connectivity index (χ3v) is 3.08. The monoisotopic (exact) mass is 303 g/mol. The summed E-state index contributed by atoms with van der Waals surface area (Å²) in [5, 5.41) is 0. The molecule has 1 aliphatic carbocycles. The van der Waals surface area contributed by atoms with Crippen molar-refractivity contribution in [3.63, 3.8) is 0 Å². The molecule has 1 fully saturated rings. The molecule has 0 amide bonds. The van der Waals surface area contributed by atoms with Crippen LogP contribution in [0.4, 0.5) is 0 Å². The molecule has 1 heterocycles. The highest BCUT2D eigenvalue weighted by Gasteiger charge is 2.22. The summed E-state index contributed by atoms with van der Waals surface area (Å²) in [7, 11) is 0. The van der Waals surface area contributed by atoms with E-state index in [4.69, 9.17) is 4.74 Å². The van der Waals surface area contributed by atoms with Crippen LogP contribution >= 0.6 is 22.6 Å². The van der Waals surface area contributed by atoms with Gasteiger partial charge in [-0.15, -0.1) is 0 Å². The lowest BCUT2D eigenvalue weighted by Crippen LogP contribution is -2.01. The van der Waals surface area contributed by atoms with Crippen LogP contribution in [-0.4, -0.2) is 17.9 Å². The summed E-state index contributed by atoms with van der Waals surface area (Å²) in [5.74, 6) is 1.34. The van der Waals surface area contributed by atoms with Gasteiger partial charge < -0.3 is 4.74 Å². The molecule has 0 unspecified atom stereocenters. The van der Waals surface area contributed by atoms with Gasteiger partial charge in [0.1, 0.15) is 0 Å². The molecule has 0 bridgehead atoms. The Morgan fingerprint density at radius 1 is 1.64 bits per heavy atom. The number of halogens is 1. The van der Waals surface area contributed by atoms with Crippen molar-refractivity contribution in [1.82, 2.24) is 4.98 Å². The smallest absolute Gasteiger partial charge is 0.214 e. The highest BCUT2D eigenvalue weighted by atomic mass is 127. The average molecular weight is 303 g/mol. The van der Waals surface area contributed by atoms with E-state index in [0.29, 0.717) is 11.4 Å². The van der Waals surface area contributed by atoms with Gasteiger partial charge in [0, 0.05) is 21.4 Å². The Kier molecular flexibility index (Phi) is 3.00. The van der Waals surface area contributed by atoms with E-state index < -0.39 is 0 Å². The molecule has 0 spiro atoms. The zero-order chi connectivity index (χ0) is 9.97. The van der Waals surface area contributed by atoms with Crippen LogP contribution in [-0.2, 0) is 0 Å². The predicted molar refractivity (Wildman–Crippen MR) is 60.6 cm³/mol. The molecular formula is C10H10INO2. The highest BCUT2D eigenvalue weighted by molar-refractivity contribution is 14.1. The summed E-state index contributed by atoms with van der Waals surface area (Å²) < 4.78 is 6.37. The first-order valence-electron chi connectivity index (χ1n) is 4.53. The number of rotatable bonds is 4. The quantitative estimate of drug-likeness (QED) is 0.633. The van der Waals surface area contributed by atoms with Crippen molar-refractivity contribution < 1.29 is 9.53 Å². The fraction of sp³-hybridized carbons (Fsp3) is 0.400. The second-order valence-corrected chi connectivity index (χ2v) is 4.58. The van der Waals surface area contributed by atoms with Crippen molar-refractivity contribution in [2.75, 3.05) is 6.61 Å². The van der Waals surface area contributed by atoms with Crippen LogP contribution < -0.4 is 4.74 Å². The molecule has 1 aromatic heterocycles. The first-order chi connectivity index (χ1) is 6.79. The predicted octanol–water partition coefficient (Wildman–Crippen LogP) is 2.29. The minimum Gasteiger partial charge on any atom is -0.477 e. The van der Waals surface area contributed by atoms with E-state index in [0.717, 1.165) is 22.4 Å². The van der Waals surface area contributed by atoms with Gasteiger partial charge in [0.05, 0.1) is 6.61 Å². The van der Waals surface area contributed by atoms with E-state index in [2.05, 4.69) is 27.6 Å². The third-order valence-electron chi connectivity index (χ3n) is 2.15. The molecule has 1 saturated carbocycles. The Labute approximate surface area is 96.0 Å². The van der Waals surface area contributed by atoms with E-state index in [1.807, 2.05) is 0 Å². The fourth-order valence-electron chi connectivity index (χ4n) is 1.08. The Morgan fingerprint density at radius 3 is 3.00 bits per heavy atom. The van der Waals surface area contributed by atoms with Gasteiger partial charge in [0.15, 0.2) is 6.29 Å². The second-order valence-electron chi connectivity index (χ2n) is 3.42. The van der Waals surface area contributed by atoms with Crippen LogP contribution in [0.25, 0.3) is 0 Å². The van der Waals surface area contributed by atoms with E-state index in [1.54, 1.807) is 12.3 Å². The number of hydrogen-bond donors (Lipinski definition) is 0. The van der Waals surface area contributed by atoms with Crippen LogP contribution in [0.3, 0.4) is 0 Å². The Hall–Kier alpha value is -0.650. The van der Waals surface area contributed by atoms with Gasteiger partial charge in [-0.1, -0.05) is 0 Å². The Morgan fingerprint density at radius 2 is 2.43 bits per heavy atom. The van der Waals surface area contributed by atoms with Crippen molar-refractivity contribution in [3.8, 4) is 5.88 Å². The molecule has 0 aliphatic heterocycles. The maximum absolute atomic E-state index is 10.5. The fourth-order valence-corrected chi connectivity index (χ4v) is 1.61. The van der Waals surface area contributed by atoms with Gasteiger partial charge in [-0.2, -0.15) is 0 Å². The lowest BCUT2D eigenvalue weighted by atomic mass is 10.3. The largest absolute Gasteiger partial charge is 0.477 e. The molecule has 0 saturated heterocycles. The molecule has 0 N–H and O–H groups in total. The molecule has 2 rings (SSSR count). The zero-order valence-electron chi connectivity index (χ0n) is 7.57. The molecule has 0 aromatic carbocycles. The number of pyridine rings is 1. The molecule has 3 nitrogen and oxygen atoms in total. The number of hydrogen-bond acceptors (Lipinski definition) is 3. The number of carbonyl (C=O) groups excluding carboxylic acids is 1. The minimum atomic E-state index is 0.615. The van der Waals surface area contributed by atoms with Gasteiger partial charge in [-0.05, 0) is 41.4 Å². The zero-order valence-corrected chi connectivity index (χ0v) is 9.73. The van der Waals surface area contributed by atoms with Crippen molar-refractivity contribution in [2.24, 2.45) is 5.92 Å². The summed E-state index contributed by atoms with van der Waals surface area (Å²) >= 11 is 2.11. The first kappa shape index (κ1) is 9.89. The molecule has 1 aliphatic rings. The van der Waals surface area contributed by atoms with Crippen molar-refractivity contribution in [2.45, 2.75) is 12.8 Å². The van der Waals surface area contributed by atoms with Gasteiger partial charge in [0.2, 0.25) is 5.88 Å². The van der Waals surface area contributed by atoms with E-state index in [9.17, 15) is 4.79 Å². The molecule has 1 aromatic rings. The summed E-state index contributed by atoms with van der Waals surface area (Å²) in [6.45, 7) is 0.753. The first-order valence-corrected chi connectivity index (χ1v) is 5.61. The molecular weight excluding hydrogens is 293 g/mol. The summed E-state index contributed by atoms with van der Waals surface area (Å²) in [4.78, 5) is 14.6. The minimum absolute atomic E-state index is 0.615. The molecule has 14 heavy (non-hydrogen) atoms. The topological polar surface area (TPSA) is 39.2 Å². The lowest BCUT2D eigenvalue weighted by molar-refractivity contribution is 0.112.